The van der Waals surface area contributed by atoms with E-state index in [0.29, 0.717) is 0 Å². The van der Waals surface area contributed by atoms with Crippen LogP contribution in [0.4, 0.5) is 10.1 Å². The van der Waals surface area contributed by atoms with Crippen molar-refractivity contribution in [3.05, 3.63) is 74.4 Å². The summed E-state index contributed by atoms with van der Waals surface area (Å²) in [6.07, 6.45) is 2.29. The number of rotatable bonds is 4. The standard InChI is InChI=1S/C13H9FN2O4/c14-10-3-1-9(2-4-10)13(18)8-15-6-5-12(17)11(7-15)16(19)20/h1-7H,8H2. The highest BCUT2D eigenvalue weighted by Gasteiger charge is 2.13. The van der Waals surface area contributed by atoms with Gasteiger partial charge in [-0.15, -0.1) is 0 Å². The van der Waals surface area contributed by atoms with Crippen LogP contribution >= 0.6 is 0 Å². The second-order valence-corrected chi connectivity index (χ2v) is 4.05. The first kappa shape index (κ1) is 13.6. The van der Waals surface area contributed by atoms with Crippen LogP contribution in [-0.4, -0.2) is 15.3 Å². The summed E-state index contributed by atoms with van der Waals surface area (Å²) >= 11 is 0. The summed E-state index contributed by atoms with van der Waals surface area (Å²) in [5, 5.41) is 10.6. The highest BCUT2D eigenvalue weighted by molar-refractivity contribution is 5.95. The minimum Gasteiger partial charge on any atom is -0.340 e. The molecule has 0 unspecified atom stereocenters. The molecule has 7 heteroatoms. The van der Waals surface area contributed by atoms with Gasteiger partial charge >= 0.3 is 5.69 Å². The molecule has 0 saturated heterocycles. The Labute approximate surface area is 112 Å². The Kier molecular flexibility index (Phi) is 3.69. The van der Waals surface area contributed by atoms with Gasteiger partial charge in [0.25, 0.3) is 5.43 Å². The molecule has 0 spiro atoms. The molecule has 0 N–H and O–H groups in total. The predicted octanol–water partition coefficient (Wildman–Crippen LogP) is 1.78. The minimum atomic E-state index is -0.804. The quantitative estimate of drug-likeness (QED) is 0.484. The smallest absolute Gasteiger partial charge is 0.332 e. The molecule has 0 radical (unpaired) electrons. The second kappa shape index (κ2) is 5.43. The van der Waals surface area contributed by atoms with Crippen molar-refractivity contribution in [1.82, 2.24) is 4.57 Å². The Bertz CT molecular complexity index is 722. The molecule has 102 valence electrons. The highest BCUT2D eigenvalue weighted by Crippen LogP contribution is 2.07. The molecule has 0 saturated carbocycles. The Morgan fingerprint density at radius 3 is 2.50 bits per heavy atom. The van der Waals surface area contributed by atoms with Gasteiger partial charge in [-0.05, 0) is 24.3 Å². The van der Waals surface area contributed by atoms with Crippen LogP contribution < -0.4 is 5.43 Å². The Hall–Kier alpha value is -2.83. The number of pyridine rings is 1. The van der Waals surface area contributed by atoms with E-state index in [4.69, 9.17) is 0 Å². The van der Waals surface area contributed by atoms with E-state index in [1.54, 1.807) is 0 Å². The average molecular weight is 276 g/mol. The van der Waals surface area contributed by atoms with Crippen LogP contribution in [0.25, 0.3) is 0 Å². The molecule has 0 bridgehead atoms. The molecule has 20 heavy (non-hydrogen) atoms. The summed E-state index contributed by atoms with van der Waals surface area (Å²) in [6, 6.07) is 5.99. The zero-order valence-electron chi connectivity index (χ0n) is 10.2. The number of nitrogens with zero attached hydrogens (tertiary/aromatic N) is 2. The van der Waals surface area contributed by atoms with E-state index in [1.165, 1.54) is 22.9 Å². The maximum atomic E-state index is 12.7. The summed E-state index contributed by atoms with van der Waals surface area (Å²) in [4.78, 5) is 33.0. The first-order valence-corrected chi connectivity index (χ1v) is 5.60. The molecule has 0 aliphatic rings. The van der Waals surface area contributed by atoms with Crippen molar-refractivity contribution >= 4 is 11.5 Å². The lowest BCUT2D eigenvalue weighted by Crippen LogP contribution is -2.15. The lowest BCUT2D eigenvalue weighted by molar-refractivity contribution is -0.386. The second-order valence-electron chi connectivity index (χ2n) is 4.05. The molecule has 1 aromatic carbocycles. The van der Waals surface area contributed by atoms with Crippen molar-refractivity contribution in [2.75, 3.05) is 0 Å². The fourth-order valence-corrected chi connectivity index (χ4v) is 1.64. The van der Waals surface area contributed by atoms with Crippen LogP contribution in [-0.2, 0) is 6.54 Å². The predicted molar refractivity (Wildman–Crippen MR) is 68.1 cm³/mol. The van der Waals surface area contributed by atoms with E-state index in [0.717, 1.165) is 24.4 Å². The number of Topliss-reactive ketones (excluding diaryl/α,β-unsaturated/α-hetero) is 1. The lowest BCUT2D eigenvalue weighted by atomic mass is 10.1. The van der Waals surface area contributed by atoms with E-state index in [1.807, 2.05) is 0 Å². The van der Waals surface area contributed by atoms with Crippen molar-refractivity contribution < 1.29 is 14.1 Å². The SMILES string of the molecule is O=C(Cn1ccc(=O)c([N+](=O)[O-])c1)c1ccc(F)cc1. The van der Waals surface area contributed by atoms with Crippen molar-refractivity contribution in [3.8, 4) is 0 Å². The summed E-state index contributed by atoms with van der Waals surface area (Å²) in [5.41, 5.74) is -1.03. The molecule has 2 rings (SSSR count). The molecule has 0 aliphatic carbocycles. The first-order chi connectivity index (χ1) is 9.47. The van der Waals surface area contributed by atoms with Crippen LogP contribution in [0.15, 0.2) is 47.5 Å². The summed E-state index contributed by atoms with van der Waals surface area (Å²) in [7, 11) is 0. The van der Waals surface area contributed by atoms with Crippen LogP contribution in [0.2, 0.25) is 0 Å². The third kappa shape index (κ3) is 2.94. The zero-order chi connectivity index (χ0) is 14.7. The highest BCUT2D eigenvalue weighted by atomic mass is 19.1. The third-order valence-electron chi connectivity index (χ3n) is 2.65. The molecule has 0 amide bonds. The third-order valence-corrected chi connectivity index (χ3v) is 2.65. The molecule has 1 heterocycles. The van der Waals surface area contributed by atoms with Crippen molar-refractivity contribution in [2.45, 2.75) is 6.54 Å². The molecule has 0 fully saturated rings. The van der Waals surface area contributed by atoms with Crippen molar-refractivity contribution in [1.29, 1.82) is 0 Å². The number of benzene rings is 1. The van der Waals surface area contributed by atoms with Crippen LogP contribution in [0.3, 0.4) is 0 Å². The maximum Gasteiger partial charge on any atom is 0.332 e. The van der Waals surface area contributed by atoms with Gasteiger partial charge < -0.3 is 4.57 Å². The number of carbonyl (C=O) groups excluding carboxylic acids is 1. The number of hydrogen-bond acceptors (Lipinski definition) is 4. The van der Waals surface area contributed by atoms with Gasteiger partial charge in [-0.2, -0.15) is 0 Å². The number of carbonyl (C=O) groups is 1. The summed E-state index contributed by atoms with van der Waals surface area (Å²) in [6.45, 7) is -0.174. The average Bonchev–Trinajstić information content (AvgIpc) is 2.41. The molecular formula is C13H9FN2O4. The monoisotopic (exact) mass is 276 g/mol. The largest absolute Gasteiger partial charge is 0.340 e. The van der Waals surface area contributed by atoms with E-state index in [9.17, 15) is 24.1 Å². The van der Waals surface area contributed by atoms with E-state index >= 15 is 0 Å². The summed E-state index contributed by atoms with van der Waals surface area (Å²) in [5.74, 6) is -0.802. The van der Waals surface area contributed by atoms with Gasteiger partial charge in [-0.3, -0.25) is 19.7 Å². The first-order valence-electron chi connectivity index (χ1n) is 5.60. The van der Waals surface area contributed by atoms with E-state index < -0.39 is 21.9 Å². The maximum absolute atomic E-state index is 12.7. The topological polar surface area (TPSA) is 82.2 Å². The van der Waals surface area contributed by atoms with E-state index in [2.05, 4.69) is 0 Å². The number of halogens is 1. The van der Waals surface area contributed by atoms with E-state index in [-0.39, 0.29) is 17.9 Å². The lowest BCUT2D eigenvalue weighted by Gasteiger charge is -2.05. The number of ketones is 1. The Balaban J connectivity index is 2.24. The van der Waals surface area contributed by atoms with Gasteiger partial charge in [0.2, 0.25) is 0 Å². The number of hydrogen-bond donors (Lipinski definition) is 0. The molecule has 0 aliphatic heterocycles. The zero-order valence-corrected chi connectivity index (χ0v) is 10.2. The molecule has 1 aromatic heterocycles. The molecule has 0 atom stereocenters. The van der Waals surface area contributed by atoms with Gasteiger partial charge in [0.05, 0.1) is 17.7 Å². The van der Waals surface area contributed by atoms with Crippen molar-refractivity contribution in [3.63, 3.8) is 0 Å². The van der Waals surface area contributed by atoms with Crippen molar-refractivity contribution in [2.24, 2.45) is 0 Å². The number of nitro groups is 1. The van der Waals surface area contributed by atoms with Crippen LogP contribution in [0.1, 0.15) is 10.4 Å². The van der Waals surface area contributed by atoms with Gasteiger partial charge in [-0.1, -0.05) is 0 Å². The Morgan fingerprint density at radius 2 is 1.90 bits per heavy atom. The van der Waals surface area contributed by atoms with Gasteiger partial charge in [0, 0.05) is 17.8 Å². The number of aromatic nitrogens is 1. The Morgan fingerprint density at radius 1 is 1.25 bits per heavy atom. The minimum absolute atomic E-state index is 0.174. The molecular weight excluding hydrogens is 267 g/mol. The summed E-state index contributed by atoms with van der Waals surface area (Å²) < 4.78 is 14.0. The fraction of sp³-hybridized carbons (Fsp3) is 0.0769. The molecule has 6 nitrogen and oxygen atoms in total. The van der Waals surface area contributed by atoms with Gasteiger partial charge in [0.15, 0.2) is 5.78 Å². The molecule has 2 aromatic rings. The normalized spacial score (nSPS) is 10.2. The van der Waals surface area contributed by atoms with Gasteiger partial charge in [0.1, 0.15) is 5.82 Å². The fourth-order valence-electron chi connectivity index (χ4n) is 1.64. The van der Waals surface area contributed by atoms with Gasteiger partial charge in [-0.25, -0.2) is 4.39 Å². The van der Waals surface area contributed by atoms with Crippen LogP contribution in [0.5, 0.6) is 0 Å². The van der Waals surface area contributed by atoms with Crippen LogP contribution in [0, 0.1) is 15.9 Å².